The number of morpholine rings is 1. The van der Waals surface area contributed by atoms with E-state index in [2.05, 4.69) is 15.6 Å². The SMILES string of the molecule is Cc1ccccc1NC(=O)[C@H]1CC(=O)NC(N2CCOCC2)=N1. The van der Waals surface area contributed by atoms with Gasteiger partial charge in [-0.3, -0.25) is 14.9 Å². The lowest BCUT2D eigenvalue weighted by atomic mass is 10.1. The molecule has 0 radical (unpaired) electrons. The van der Waals surface area contributed by atoms with Crippen LogP contribution < -0.4 is 10.6 Å². The maximum Gasteiger partial charge on any atom is 0.249 e. The number of benzene rings is 1. The Balaban J connectivity index is 1.73. The van der Waals surface area contributed by atoms with Gasteiger partial charge in [-0.05, 0) is 18.6 Å². The molecule has 2 aliphatic heterocycles. The van der Waals surface area contributed by atoms with Crippen LogP contribution in [0.15, 0.2) is 29.3 Å². The third-order valence-corrected chi connectivity index (χ3v) is 3.92. The number of carbonyl (C=O) groups excluding carboxylic acids is 2. The lowest BCUT2D eigenvalue weighted by Crippen LogP contribution is -2.53. The normalized spacial score (nSPS) is 21.4. The van der Waals surface area contributed by atoms with E-state index in [4.69, 9.17) is 4.74 Å². The second-order valence-corrected chi connectivity index (χ2v) is 5.62. The topological polar surface area (TPSA) is 83.0 Å². The van der Waals surface area contributed by atoms with Gasteiger partial charge < -0.3 is 15.0 Å². The van der Waals surface area contributed by atoms with Gasteiger partial charge in [0.05, 0.1) is 19.6 Å². The molecule has 1 saturated heterocycles. The monoisotopic (exact) mass is 316 g/mol. The van der Waals surface area contributed by atoms with Crippen molar-refractivity contribution in [3.63, 3.8) is 0 Å². The van der Waals surface area contributed by atoms with Gasteiger partial charge in [-0.2, -0.15) is 0 Å². The summed E-state index contributed by atoms with van der Waals surface area (Å²) in [6.07, 6.45) is 0.0611. The van der Waals surface area contributed by atoms with Crippen LogP contribution in [0.1, 0.15) is 12.0 Å². The smallest absolute Gasteiger partial charge is 0.249 e. The first-order chi connectivity index (χ1) is 11.1. The van der Waals surface area contributed by atoms with Crippen LogP contribution in [0.25, 0.3) is 0 Å². The van der Waals surface area contributed by atoms with Gasteiger partial charge in [0.1, 0.15) is 6.04 Å². The number of para-hydroxylation sites is 1. The van der Waals surface area contributed by atoms with Crippen LogP contribution in [0.4, 0.5) is 5.69 Å². The number of nitrogens with one attached hydrogen (secondary N) is 2. The number of anilines is 1. The number of hydrogen-bond acceptors (Lipinski definition) is 5. The number of aliphatic imine (C=N–C) groups is 1. The van der Waals surface area contributed by atoms with E-state index in [0.717, 1.165) is 11.3 Å². The van der Waals surface area contributed by atoms with Crippen LogP contribution in [0, 0.1) is 6.92 Å². The summed E-state index contributed by atoms with van der Waals surface area (Å²) in [6.45, 7) is 4.42. The molecule has 0 unspecified atom stereocenters. The zero-order valence-corrected chi connectivity index (χ0v) is 13.0. The minimum Gasteiger partial charge on any atom is -0.378 e. The van der Waals surface area contributed by atoms with Crippen LogP contribution in [-0.4, -0.2) is 55.0 Å². The van der Waals surface area contributed by atoms with Gasteiger partial charge in [0, 0.05) is 18.8 Å². The summed E-state index contributed by atoms with van der Waals surface area (Å²) >= 11 is 0. The van der Waals surface area contributed by atoms with Gasteiger partial charge in [-0.25, -0.2) is 4.99 Å². The van der Waals surface area contributed by atoms with E-state index in [9.17, 15) is 9.59 Å². The molecule has 2 aliphatic rings. The van der Waals surface area contributed by atoms with Crippen molar-refractivity contribution in [3.05, 3.63) is 29.8 Å². The van der Waals surface area contributed by atoms with Crippen molar-refractivity contribution in [1.82, 2.24) is 10.2 Å². The summed E-state index contributed by atoms with van der Waals surface area (Å²) in [5.41, 5.74) is 1.71. The Labute approximate surface area is 134 Å². The summed E-state index contributed by atoms with van der Waals surface area (Å²) in [7, 11) is 0. The Hall–Kier alpha value is -2.41. The lowest BCUT2D eigenvalue weighted by molar-refractivity contribution is -0.125. The van der Waals surface area contributed by atoms with Crippen LogP contribution in [-0.2, 0) is 14.3 Å². The van der Waals surface area contributed by atoms with E-state index in [-0.39, 0.29) is 18.2 Å². The molecule has 1 fully saturated rings. The van der Waals surface area contributed by atoms with Gasteiger partial charge in [-0.1, -0.05) is 18.2 Å². The number of amides is 2. The quantitative estimate of drug-likeness (QED) is 0.833. The van der Waals surface area contributed by atoms with E-state index in [1.54, 1.807) is 0 Å². The zero-order valence-electron chi connectivity index (χ0n) is 13.0. The highest BCUT2D eigenvalue weighted by atomic mass is 16.5. The Morgan fingerprint density at radius 2 is 2.09 bits per heavy atom. The zero-order chi connectivity index (χ0) is 16.2. The predicted molar refractivity (Wildman–Crippen MR) is 86.2 cm³/mol. The van der Waals surface area contributed by atoms with Gasteiger partial charge in [0.2, 0.25) is 17.8 Å². The highest BCUT2D eigenvalue weighted by Crippen LogP contribution is 2.16. The van der Waals surface area contributed by atoms with E-state index < -0.39 is 6.04 Å². The van der Waals surface area contributed by atoms with Crippen molar-refractivity contribution >= 4 is 23.5 Å². The molecule has 0 aromatic heterocycles. The van der Waals surface area contributed by atoms with Gasteiger partial charge in [0.25, 0.3) is 0 Å². The number of ether oxygens (including phenoxy) is 1. The molecule has 23 heavy (non-hydrogen) atoms. The maximum atomic E-state index is 12.5. The van der Waals surface area contributed by atoms with Crippen molar-refractivity contribution in [2.24, 2.45) is 4.99 Å². The van der Waals surface area contributed by atoms with E-state index >= 15 is 0 Å². The molecular weight excluding hydrogens is 296 g/mol. The molecule has 7 heteroatoms. The minimum atomic E-state index is -0.707. The van der Waals surface area contributed by atoms with Gasteiger partial charge in [-0.15, -0.1) is 0 Å². The molecule has 0 saturated carbocycles. The van der Waals surface area contributed by atoms with Crippen molar-refractivity contribution < 1.29 is 14.3 Å². The van der Waals surface area contributed by atoms with Crippen molar-refractivity contribution in [2.45, 2.75) is 19.4 Å². The number of rotatable bonds is 2. The molecule has 2 heterocycles. The first kappa shape index (κ1) is 15.5. The Bertz CT molecular complexity index is 638. The molecule has 2 amide bonds. The minimum absolute atomic E-state index is 0.0611. The second kappa shape index (κ2) is 6.78. The summed E-state index contributed by atoms with van der Waals surface area (Å²) in [5.74, 6) is 0.0146. The molecule has 0 bridgehead atoms. The average molecular weight is 316 g/mol. The highest BCUT2D eigenvalue weighted by molar-refractivity contribution is 6.06. The van der Waals surface area contributed by atoms with E-state index in [0.29, 0.717) is 32.3 Å². The molecule has 1 atom stereocenters. The number of aryl methyl sites for hydroxylation is 1. The van der Waals surface area contributed by atoms with Gasteiger partial charge in [0.15, 0.2) is 0 Å². The molecule has 3 rings (SSSR count). The number of hydrogen-bond donors (Lipinski definition) is 2. The molecular formula is C16H20N4O3. The fourth-order valence-corrected chi connectivity index (χ4v) is 2.59. The standard InChI is InChI=1S/C16H20N4O3/c1-11-4-2-3-5-12(11)17-15(22)13-10-14(21)19-16(18-13)20-6-8-23-9-7-20/h2-5,13H,6-10H2,1H3,(H,17,22)(H,18,19,21)/t13-/m1/s1. The van der Waals surface area contributed by atoms with Crippen LogP contribution >= 0.6 is 0 Å². The summed E-state index contributed by atoms with van der Waals surface area (Å²) in [5, 5.41) is 5.60. The number of nitrogens with zero attached hydrogens (tertiary/aromatic N) is 2. The molecule has 1 aromatic rings. The largest absolute Gasteiger partial charge is 0.378 e. The van der Waals surface area contributed by atoms with Crippen LogP contribution in [0.2, 0.25) is 0 Å². The number of guanidine groups is 1. The molecule has 2 N–H and O–H groups in total. The first-order valence-electron chi connectivity index (χ1n) is 7.70. The predicted octanol–water partition coefficient (Wildman–Crippen LogP) is 0.510. The molecule has 1 aromatic carbocycles. The van der Waals surface area contributed by atoms with Crippen molar-refractivity contribution in [1.29, 1.82) is 0 Å². The van der Waals surface area contributed by atoms with Crippen molar-refractivity contribution in [2.75, 3.05) is 31.6 Å². The molecule has 122 valence electrons. The fourth-order valence-electron chi connectivity index (χ4n) is 2.59. The summed E-state index contributed by atoms with van der Waals surface area (Å²) in [6, 6.07) is 6.82. The first-order valence-corrected chi connectivity index (χ1v) is 7.70. The molecule has 7 nitrogen and oxygen atoms in total. The summed E-state index contributed by atoms with van der Waals surface area (Å²) in [4.78, 5) is 30.7. The Morgan fingerprint density at radius 1 is 1.35 bits per heavy atom. The second-order valence-electron chi connectivity index (χ2n) is 5.62. The van der Waals surface area contributed by atoms with Crippen LogP contribution in [0.3, 0.4) is 0 Å². The highest BCUT2D eigenvalue weighted by Gasteiger charge is 2.29. The van der Waals surface area contributed by atoms with Crippen molar-refractivity contribution in [3.8, 4) is 0 Å². The third kappa shape index (κ3) is 3.68. The van der Waals surface area contributed by atoms with Crippen LogP contribution in [0.5, 0.6) is 0 Å². The molecule has 0 spiro atoms. The summed E-state index contributed by atoms with van der Waals surface area (Å²) < 4.78 is 5.30. The van der Waals surface area contributed by atoms with Gasteiger partial charge >= 0.3 is 0 Å². The van der Waals surface area contributed by atoms with E-state index in [1.807, 2.05) is 36.1 Å². The number of carbonyl (C=O) groups is 2. The molecule has 0 aliphatic carbocycles. The third-order valence-electron chi connectivity index (χ3n) is 3.92. The van der Waals surface area contributed by atoms with E-state index in [1.165, 1.54) is 0 Å². The Morgan fingerprint density at radius 3 is 2.83 bits per heavy atom. The fraction of sp³-hybridized carbons (Fsp3) is 0.438. The Kier molecular flexibility index (Phi) is 4.57. The average Bonchev–Trinajstić information content (AvgIpc) is 2.57. The lowest BCUT2D eigenvalue weighted by Gasteiger charge is -2.32. The maximum absolute atomic E-state index is 12.5.